The predicted molar refractivity (Wildman–Crippen MR) is 74.5 cm³/mol. The van der Waals surface area contributed by atoms with Gasteiger partial charge in [0.05, 0.1) is 10.6 Å². The lowest BCUT2D eigenvalue weighted by Gasteiger charge is -2.13. The van der Waals surface area contributed by atoms with Gasteiger partial charge in [0, 0.05) is 12.1 Å². The van der Waals surface area contributed by atoms with Crippen LogP contribution in [-0.4, -0.2) is 8.42 Å². The first-order valence-electron chi connectivity index (χ1n) is 5.97. The summed E-state index contributed by atoms with van der Waals surface area (Å²) in [5.41, 5.74) is 3.11. The molecule has 0 fully saturated rings. The fraction of sp³-hybridized carbons (Fsp3) is 0.214. The number of nitrogens with one attached hydrogen (secondary N) is 2. The molecule has 2 rings (SSSR count). The van der Waals surface area contributed by atoms with Gasteiger partial charge in [-0.15, -0.1) is 0 Å². The number of sulfonamides is 1. The summed E-state index contributed by atoms with van der Waals surface area (Å²) < 4.78 is 27.5. The molecular weight excluding hydrogens is 260 g/mol. The second-order valence-corrected chi connectivity index (χ2v) is 6.24. The average molecular weight is 277 g/mol. The van der Waals surface area contributed by atoms with Gasteiger partial charge in [-0.1, -0.05) is 17.7 Å². The molecule has 0 saturated carbocycles. The molecule has 0 aliphatic rings. The SMILES string of the molecule is Cc1cc(C)c(S(=O)(=O)Nc2cc[nH+]cc2)c(C)c1. The zero-order valence-electron chi connectivity index (χ0n) is 11.2. The number of aryl methyl sites for hydroxylation is 3. The highest BCUT2D eigenvalue weighted by Crippen LogP contribution is 2.23. The quantitative estimate of drug-likeness (QED) is 0.935. The maximum atomic E-state index is 12.4. The number of benzene rings is 1. The summed E-state index contributed by atoms with van der Waals surface area (Å²) >= 11 is 0. The van der Waals surface area contributed by atoms with Crippen molar-refractivity contribution in [1.29, 1.82) is 0 Å². The molecule has 1 aromatic carbocycles. The molecule has 1 heterocycles. The summed E-state index contributed by atoms with van der Waals surface area (Å²) in [6.45, 7) is 5.58. The first-order valence-corrected chi connectivity index (χ1v) is 7.45. The molecule has 1 aromatic heterocycles. The molecule has 0 saturated heterocycles. The third-order valence-corrected chi connectivity index (χ3v) is 4.53. The van der Waals surface area contributed by atoms with Crippen molar-refractivity contribution in [1.82, 2.24) is 0 Å². The average Bonchev–Trinajstić information content (AvgIpc) is 2.27. The normalized spacial score (nSPS) is 11.3. The standard InChI is InChI=1S/C14H16N2O2S/c1-10-8-11(2)14(12(3)9-10)19(17,18)16-13-4-6-15-7-5-13/h4-9H,1-3H3,(H,15,16)/p+1. The summed E-state index contributed by atoms with van der Waals surface area (Å²) in [7, 11) is -3.56. The van der Waals surface area contributed by atoms with E-state index in [0.717, 1.165) is 16.7 Å². The second kappa shape index (κ2) is 5.01. The number of H-pyrrole nitrogens is 1. The summed E-state index contributed by atoms with van der Waals surface area (Å²) in [6, 6.07) is 7.10. The lowest BCUT2D eigenvalue weighted by molar-refractivity contribution is -0.377. The van der Waals surface area contributed by atoms with Crippen LogP contribution in [0.4, 0.5) is 5.69 Å². The molecule has 0 amide bonds. The van der Waals surface area contributed by atoms with Crippen molar-refractivity contribution >= 4 is 15.7 Å². The summed E-state index contributed by atoms with van der Waals surface area (Å²) in [4.78, 5) is 3.21. The van der Waals surface area contributed by atoms with Gasteiger partial charge in [-0.05, 0) is 31.9 Å². The molecule has 0 unspecified atom stereocenters. The van der Waals surface area contributed by atoms with E-state index >= 15 is 0 Å². The number of hydrogen-bond acceptors (Lipinski definition) is 2. The highest BCUT2D eigenvalue weighted by molar-refractivity contribution is 7.92. The number of aromatic nitrogens is 1. The van der Waals surface area contributed by atoms with E-state index in [1.807, 2.05) is 32.9 Å². The molecule has 19 heavy (non-hydrogen) atoms. The van der Waals surface area contributed by atoms with Crippen molar-refractivity contribution in [3.05, 3.63) is 53.3 Å². The fourth-order valence-electron chi connectivity index (χ4n) is 2.25. The molecule has 2 N–H and O–H groups in total. The topological polar surface area (TPSA) is 60.3 Å². The summed E-state index contributed by atoms with van der Waals surface area (Å²) in [5, 5.41) is 0. The van der Waals surface area contributed by atoms with E-state index in [1.165, 1.54) is 0 Å². The van der Waals surface area contributed by atoms with Crippen LogP contribution in [0.1, 0.15) is 16.7 Å². The van der Waals surface area contributed by atoms with Crippen LogP contribution in [0, 0.1) is 20.8 Å². The molecule has 4 nitrogen and oxygen atoms in total. The molecule has 0 aliphatic carbocycles. The minimum atomic E-state index is -3.56. The zero-order valence-corrected chi connectivity index (χ0v) is 12.0. The van der Waals surface area contributed by atoms with Crippen LogP contribution in [0.2, 0.25) is 0 Å². The molecule has 0 atom stereocenters. The minimum Gasteiger partial charge on any atom is -0.279 e. The number of aromatic amines is 1. The zero-order chi connectivity index (χ0) is 14.0. The van der Waals surface area contributed by atoms with Gasteiger partial charge in [0.15, 0.2) is 12.4 Å². The Morgan fingerprint density at radius 3 is 2.05 bits per heavy atom. The Morgan fingerprint density at radius 2 is 1.53 bits per heavy atom. The van der Waals surface area contributed by atoms with E-state index in [9.17, 15) is 8.42 Å². The lowest BCUT2D eigenvalue weighted by atomic mass is 10.1. The van der Waals surface area contributed by atoms with Gasteiger partial charge < -0.3 is 0 Å². The first kappa shape index (κ1) is 13.5. The van der Waals surface area contributed by atoms with Gasteiger partial charge in [0.1, 0.15) is 0 Å². The van der Waals surface area contributed by atoms with Crippen LogP contribution in [-0.2, 0) is 10.0 Å². The van der Waals surface area contributed by atoms with Gasteiger partial charge in [0.2, 0.25) is 0 Å². The van der Waals surface area contributed by atoms with Crippen LogP contribution in [0.25, 0.3) is 0 Å². The number of anilines is 1. The predicted octanol–water partition coefficient (Wildman–Crippen LogP) is 2.23. The largest absolute Gasteiger partial charge is 0.279 e. The second-order valence-electron chi connectivity index (χ2n) is 4.62. The van der Waals surface area contributed by atoms with Crippen LogP contribution in [0.3, 0.4) is 0 Å². The van der Waals surface area contributed by atoms with Gasteiger partial charge in [-0.2, -0.15) is 0 Å². The Balaban J connectivity index is 2.46. The molecule has 2 aromatic rings. The van der Waals surface area contributed by atoms with Gasteiger partial charge >= 0.3 is 0 Å². The molecule has 5 heteroatoms. The Labute approximate surface area is 113 Å². The van der Waals surface area contributed by atoms with Crippen LogP contribution in [0.15, 0.2) is 41.6 Å². The van der Waals surface area contributed by atoms with Crippen molar-refractivity contribution in [2.45, 2.75) is 25.7 Å². The highest BCUT2D eigenvalue weighted by Gasteiger charge is 2.20. The van der Waals surface area contributed by atoms with Crippen LogP contribution >= 0.6 is 0 Å². The number of pyridine rings is 1. The van der Waals surface area contributed by atoms with E-state index in [4.69, 9.17) is 0 Å². The van der Waals surface area contributed by atoms with E-state index < -0.39 is 10.0 Å². The van der Waals surface area contributed by atoms with E-state index in [2.05, 4.69) is 9.71 Å². The number of rotatable bonds is 3. The molecule has 0 radical (unpaired) electrons. The summed E-state index contributed by atoms with van der Waals surface area (Å²) in [6.07, 6.45) is 3.35. The summed E-state index contributed by atoms with van der Waals surface area (Å²) in [5.74, 6) is 0. The van der Waals surface area contributed by atoms with E-state index in [0.29, 0.717) is 10.6 Å². The minimum absolute atomic E-state index is 0.353. The van der Waals surface area contributed by atoms with Crippen molar-refractivity contribution < 1.29 is 13.4 Å². The van der Waals surface area contributed by atoms with Crippen LogP contribution in [0.5, 0.6) is 0 Å². The molecule has 100 valence electrons. The monoisotopic (exact) mass is 277 g/mol. The Kier molecular flexibility index (Phi) is 3.57. The third kappa shape index (κ3) is 2.93. The number of hydrogen-bond donors (Lipinski definition) is 1. The van der Waals surface area contributed by atoms with Gasteiger partial charge in [0.25, 0.3) is 10.0 Å². The smallest absolute Gasteiger partial charge is 0.262 e. The maximum Gasteiger partial charge on any atom is 0.262 e. The van der Waals surface area contributed by atoms with Gasteiger partial charge in [-0.3, -0.25) is 4.72 Å². The molecule has 0 spiro atoms. The Morgan fingerprint density at radius 1 is 1.00 bits per heavy atom. The molecule has 0 bridgehead atoms. The fourth-order valence-corrected chi connectivity index (χ4v) is 3.77. The highest BCUT2D eigenvalue weighted by atomic mass is 32.2. The van der Waals surface area contributed by atoms with E-state index in [-0.39, 0.29) is 0 Å². The Bertz CT molecular complexity index is 672. The van der Waals surface area contributed by atoms with E-state index in [1.54, 1.807) is 24.5 Å². The van der Waals surface area contributed by atoms with Gasteiger partial charge in [-0.25, -0.2) is 13.4 Å². The van der Waals surface area contributed by atoms with Crippen molar-refractivity contribution in [2.75, 3.05) is 4.72 Å². The van der Waals surface area contributed by atoms with Crippen molar-refractivity contribution in [2.24, 2.45) is 0 Å². The maximum absolute atomic E-state index is 12.4. The first-order chi connectivity index (χ1) is 8.90. The molecular formula is C14H17N2O2S+. The van der Waals surface area contributed by atoms with Crippen molar-refractivity contribution in [3.8, 4) is 0 Å². The van der Waals surface area contributed by atoms with Crippen molar-refractivity contribution in [3.63, 3.8) is 0 Å². The lowest BCUT2D eigenvalue weighted by Crippen LogP contribution is -2.16. The molecule has 0 aliphatic heterocycles. The third-order valence-electron chi connectivity index (χ3n) is 2.84. The Hall–Kier alpha value is -1.88. The van der Waals surface area contributed by atoms with Crippen LogP contribution < -0.4 is 9.71 Å².